The lowest BCUT2D eigenvalue weighted by Gasteiger charge is -2.06. The fraction of sp³-hybridized carbons (Fsp3) is 0.189. The molecule has 0 saturated heterocycles. The summed E-state index contributed by atoms with van der Waals surface area (Å²) in [6, 6.07) is 37.0. The molecule has 44 heteroatoms. The first-order chi connectivity index (χ1) is 57.1. The molecule has 0 spiro atoms. The van der Waals surface area contributed by atoms with Crippen molar-refractivity contribution >= 4 is 182 Å². The number of carbonyl (C=O) groups excluding carboxylic acids is 4. The summed E-state index contributed by atoms with van der Waals surface area (Å²) in [5.74, 6) is 0.0132. The highest BCUT2D eigenvalue weighted by molar-refractivity contribution is 7.71. The Hall–Kier alpha value is -11.8. The Bertz CT molecular complexity index is 5560. The number of benzene rings is 3. The number of aromatic nitrogens is 16. The number of rotatable bonds is 24. The summed E-state index contributed by atoms with van der Waals surface area (Å²) >= 11 is 36.5. The van der Waals surface area contributed by atoms with Crippen LogP contribution < -0.4 is 49.5 Å². The Kier molecular flexibility index (Phi) is 38.9. The summed E-state index contributed by atoms with van der Waals surface area (Å²) < 4.78 is 55.3. The molecule has 0 saturated carbocycles. The number of hydrogen-bond donors (Lipinski definition) is 10. The van der Waals surface area contributed by atoms with Gasteiger partial charge in [0.25, 0.3) is 0 Å². The number of alkyl carbamates (subject to hydrolysis) is 3. The molecule has 14 aromatic rings. The van der Waals surface area contributed by atoms with E-state index in [4.69, 9.17) is 107 Å². The van der Waals surface area contributed by atoms with E-state index < -0.39 is 23.5 Å². The molecule has 11 heterocycles. The molecule has 118 heavy (non-hydrogen) atoms. The highest BCUT2D eigenvalue weighted by Gasteiger charge is 2.16. The van der Waals surface area contributed by atoms with E-state index >= 15 is 0 Å². The zero-order valence-corrected chi connectivity index (χ0v) is 68.7. The Morgan fingerprint density at radius 3 is 1.20 bits per heavy atom. The smallest absolute Gasteiger partial charge is 0.407 e. The van der Waals surface area contributed by atoms with Crippen molar-refractivity contribution in [2.45, 2.75) is 65.1 Å². The summed E-state index contributed by atoms with van der Waals surface area (Å²) in [7, 11) is 0. The van der Waals surface area contributed by atoms with Gasteiger partial charge in [-0.2, -0.15) is 0 Å². The molecule has 14 rings (SSSR count). The van der Waals surface area contributed by atoms with E-state index in [1.165, 1.54) is 102 Å². The van der Waals surface area contributed by atoms with Crippen molar-refractivity contribution in [2.75, 3.05) is 48.3 Å². The van der Waals surface area contributed by atoms with E-state index in [2.05, 4.69) is 106 Å². The highest BCUT2D eigenvalue weighted by Crippen LogP contribution is 2.28. The van der Waals surface area contributed by atoms with E-state index in [1.807, 2.05) is 91.0 Å². The van der Waals surface area contributed by atoms with E-state index in [-0.39, 0.29) is 85.9 Å². The van der Waals surface area contributed by atoms with Crippen molar-refractivity contribution in [1.82, 2.24) is 95.7 Å². The minimum Gasteiger partial charge on any atom is -0.445 e. The number of nitrogens with zero attached hydrogens (tertiary/aromatic N) is 15. The molecule has 11 aromatic heterocycles. The molecular formula is C74H71Cl5F3N25O7S4. The van der Waals surface area contributed by atoms with Gasteiger partial charge in [-0.25, -0.2) is 87.4 Å². The van der Waals surface area contributed by atoms with Crippen molar-refractivity contribution in [3.8, 4) is 0 Å². The van der Waals surface area contributed by atoms with Gasteiger partial charge in [-0.3, -0.25) is 19.7 Å². The quantitative estimate of drug-likeness (QED) is 0.0116. The van der Waals surface area contributed by atoms with Crippen LogP contribution in [0.25, 0.3) is 31.0 Å². The summed E-state index contributed by atoms with van der Waals surface area (Å²) in [5.41, 5.74) is 27.5. The fourth-order valence-electron chi connectivity index (χ4n) is 8.94. The van der Waals surface area contributed by atoms with Crippen LogP contribution in [0, 0.1) is 22.1 Å². The lowest BCUT2D eigenvalue weighted by atomic mass is 10.2. The highest BCUT2D eigenvalue weighted by atomic mass is 35.5. The average molecular weight is 1790 g/mol. The van der Waals surface area contributed by atoms with Gasteiger partial charge in [0.15, 0.2) is 31.7 Å². The van der Waals surface area contributed by atoms with Gasteiger partial charge in [-0.15, -0.1) is 0 Å². The first kappa shape index (κ1) is 91.8. The van der Waals surface area contributed by atoms with E-state index in [0.717, 1.165) is 41.4 Å². The van der Waals surface area contributed by atoms with Crippen LogP contribution in [0.15, 0.2) is 178 Å². The molecule has 0 aliphatic heterocycles. The maximum Gasteiger partial charge on any atom is 0.407 e. The second kappa shape index (κ2) is 50.0. The minimum absolute atomic E-state index is 0.0992. The molecule has 0 bridgehead atoms. The Balaban J connectivity index is 0.000000180. The number of nitrogens with two attached hydrogens (primary N) is 4. The lowest BCUT2D eigenvalue weighted by Crippen LogP contribution is -2.26. The van der Waals surface area contributed by atoms with Crippen molar-refractivity contribution in [3.05, 3.63) is 269 Å². The van der Waals surface area contributed by atoms with Crippen molar-refractivity contribution in [1.29, 1.82) is 0 Å². The number of nitrogen functional groups attached to an aromatic ring is 2. The Labute approximate surface area is 713 Å². The van der Waals surface area contributed by atoms with Crippen LogP contribution >= 0.6 is 104 Å². The molecule has 0 fully saturated rings. The minimum atomic E-state index is -0.554. The molecule has 0 atom stereocenters. The number of thiazole rings is 3. The van der Waals surface area contributed by atoms with Crippen LogP contribution in [0.3, 0.4) is 0 Å². The second-order valence-corrected chi connectivity index (χ2v) is 28.5. The molecule has 0 unspecified atom stereocenters. The predicted octanol–water partition coefficient (Wildman–Crippen LogP) is 14.1. The number of anilines is 4. The van der Waals surface area contributed by atoms with Gasteiger partial charge < -0.3 is 68.7 Å². The molecule has 0 aliphatic rings. The molecule has 3 amide bonds. The number of halogens is 8. The SMILES string of the molecule is NCCc1nc2c(NCc3ncccc3F)ncnc2s1.NCc1ncccc1F.Nc1c(Cl)[nH]cnc1=S.Nc1c(Cl)ncnc1Cl.O=C(Cl)CCNC(=O)OCc1ccccc1.O=C(NCCc1nc2c(Cl)ncnc2s1)OCc1ccccc1.O=C(NCCc1nc2c(NCc3ncccc3F)ncnc2s1)OCc1ccccc1. The van der Waals surface area contributed by atoms with E-state index in [0.29, 0.717) is 110 Å². The second-order valence-electron chi connectivity index (χ2n) is 23.0. The van der Waals surface area contributed by atoms with Crippen LogP contribution in [-0.2, 0) is 77.7 Å². The number of H-pyrrole nitrogens is 1. The maximum atomic E-state index is 13.8. The summed E-state index contributed by atoms with van der Waals surface area (Å²) in [4.78, 5) is 111. The number of amides is 3. The van der Waals surface area contributed by atoms with Crippen LogP contribution in [0.1, 0.15) is 55.2 Å². The number of aromatic amines is 1. The van der Waals surface area contributed by atoms with Gasteiger partial charge in [0.2, 0.25) is 5.24 Å². The van der Waals surface area contributed by atoms with Crippen LogP contribution in [0.4, 0.5) is 50.6 Å². The summed E-state index contributed by atoms with van der Waals surface area (Å²) in [6.45, 7) is 2.79. The standard InChI is InChI=1S/C21H19FN6O2S.C15H13ClN4O2S.C13H13FN6S.C11H12ClNO3.C6H7FN2.C4H3Cl2N3.C4H4ClN3S/c22-15-7-4-9-23-16(15)11-25-19-18-20(27-13-26-19)31-17(28-18)8-10-24-21(29)30-12-14-5-2-1-3-6-14;16-13-12-14(19-9-18-13)23-11(20-12)6-7-17-15(21)22-8-10-4-2-1-3-5-10;14-8-2-1-5-16-9(8)6-17-12-11-13(19-7-18-12)21-10(20-11)3-4-15;12-10(14)6-7-13-11(15)16-8-9-4-2-1-3-5-9;7-5-2-1-3-9-6(5)4-8;5-3-2(7)4(6)9-1-8-3;5-3-2(6)4(9)8-1-7-3/h1-7,9,13H,8,10-12H2,(H,24,29)(H,25,26,27);1-5,9H,6-8H2,(H,17,21);1-2,5,7H,3-4,6,15H2,(H,17,18,19);1-5H,6-8H2,(H,13,15);1-3H,4,8H2;1H,7H2;1H,6H2,(H,7,8,9). The first-order valence-electron chi connectivity index (χ1n) is 34.7. The third-order valence-corrected chi connectivity index (χ3v) is 19.4. The molecular weight excluding hydrogens is 1710 g/mol. The largest absolute Gasteiger partial charge is 0.445 e. The predicted molar refractivity (Wildman–Crippen MR) is 451 cm³/mol. The zero-order chi connectivity index (χ0) is 84.4. The number of nitrogens with one attached hydrogen (secondary N) is 6. The molecule has 0 aliphatic carbocycles. The van der Waals surface area contributed by atoms with E-state index in [9.17, 15) is 32.3 Å². The first-order valence-corrected chi connectivity index (χ1v) is 39.4. The molecule has 32 nitrogen and oxygen atoms in total. The van der Waals surface area contributed by atoms with Gasteiger partial charge in [0.05, 0.1) is 51.5 Å². The molecule has 14 N–H and O–H groups in total. The third-order valence-electron chi connectivity index (χ3n) is 14.6. The van der Waals surface area contributed by atoms with Crippen molar-refractivity contribution in [3.63, 3.8) is 0 Å². The zero-order valence-electron chi connectivity index (χ0n) is 61.7. The molecule has 3 aromatic carbocycles. The Morgan fingerprint density at radius 1 is 0.449 bits per heavy atom. The monoisotopic (exact) mass is 1780 g/mol. The summed E-state index contributed by atoms with van der Waals surface area (Å²) in [5, 5.41) is 17.1. The topological polar surface area (TPSA) is 469 Å². The number of carbonyl (C=O) groups is 4. The van der Waals surface area contributed by atoms with Crippen LogP contribution in [-0.4, -0.2) is 129 Å². The number of hydrogen-bond acceptors (Lipinski definition) is 32. The lowest BCUT2D eigenvalue weighted by molar-refractivity contribution is -0.111. The van der Waals surface area contributed by atoms with Crippen molar-refractivity contribution < 1.29 is 46.6 Å². The number of pyridine rings is 3. The van der Waals surface area contributed by atoms with Crippen molar-refractivity contribution in [2.24, 2.45) is 11.5 Å². The fourth-order valence-corrected chi connectivity index (χ4v) is 12.7. The van der Waals surface area contributed by atoms with Gasteiger partial charge in [-0.05, 0) is 71.2 Å². The van der Waals surface area contributed by atoms with Gasteiger partial charge in [0, 0.05) is 70.5 Å². The normalized spacial score (nSPS) is 10.3. The van der Waals surface area contributed by atoms with Crippen LogP contribution in [0.5, 0.6) is 0 Å². The van der Waals surface area contributed by atoms with Gasteiger partial charge in [-0.1, -0.05) is 184 Å². The molecule has 0 radical (unpaired) electrons. The van der Waals surface area contributed by atoms with Gasteiger partial charge >= 0.3 is 18.3 Å². The number of fused-ring (bicyclic) bond motifs is 3. The average Bonchev–Trinajstić information content (AvgIpc) is 1.68. The summed E-state index contributed by atoms with van der Waals surface area (Å²) in [6.07, 6.45) is 12.0. The molecule has 614 valence electrons. The maximum absolute atomic E-state index is 13.8. The van der Waals surface area contributed by atoms with E-state index in [1.54, 1.807) is 18.3 Å². The van der Waals surface area contributed by atoms with Gasteiger partial charge in [0.1, 0.15) is 110 Å². The number of ether oxygens (including phenoxy) is 3. The Morgan fingerprint density at radius 2 is 0.831 bits per heavy atom. The van der Waals surface area contributed by atoms with Crippen LogP contribution in [0.2, 0.25) is 20.6 Å². The third kappa shape index (κ3) is 31.7.